The molecule has 3 aromatic rings. The van der Waals surface area contributed by atoms with Crippen LogP contribution in [0.15, 0.2) is 36.7 Å². The van der Waals surface area contributed by atoms with E-state index in [4.69, 9.17) is 24.2 Å². The fourth-order valence-corrected chi connectivity index (χ4v) is 9.13. The van der Waals surface area contributed by atoms with Crippen LogP contribution < -0.4 is 10.2 Å². The van der Waals surface area contributed by atoms with Gasteiger partial charge in [-0.25, -0.2) is 14.8 Å². The molecular formula is C40H59N7O5Si. The van der Waals surface area contributed by atoms with Gasteiger partial charge in [-0.1, -0.05) is 31.8 Å². The topological polar surface area (TPSA) is 114 Å². The number of hydrogen-bond acceptors (Lipinski definition) is 9. The lowest BCUT2D eigenvalue weighted by Crippen LogP contribution is -2.50. The Morgan fingerprint density at radius 1 is 0.906 bits per heavy atom. The van der Waals surface area contributed by atoms with Gasteiger partial charge in [-0.2, -0.15) is 0 Å². The SMILES string of the molecule is CC(C)(C)OC(=O)N1CCC(N2CCC(C(=O)Nc3ccc(-c4cc5c(N6C7CCC6COC7)ncnc5n4COCC[Si](C)(C)C)cc3)CC2)CC1. The highest BCUT2D eigenvalue weighted by atomic mass is 28.3. The van der Waals surface area contributed by atoms with Gasteiger partial charge in [0.05, 0.1) is 36.4 Å². The van der Waals surface area contributed by atoms with Crippen molar-refractivity contribution in [3.05, 3.63) is 36.7 Å². The average molecular weight is 746 g/mol. The Morgan fingerprint density at radius 2 is 1.58 bits per heavy atom. The number of nitrogens with zero attached hydrogens (tertiary/aromatic N) is 6. The Kier molecular flexibility index (Phi) is 11.2. The number of amides is 2. The molecule has 53 heavy (non-hydrogen) atoms. The van der Waals surface area contributed by atoms with Crippen molar-refractivity contribution < 1.29 is 23.8 Å². The zero-order valence-corrected chi connectivity index (χ0v) is 33.6. The second kappa shape index (κ2) is 15.7. The van der Waals surface area contributed by atoms with E-state index in [1.165, 1.54) is 0 Å². The highest BCUT2D eigenvalue weighted by Crippen LogP contribution is 2.39. The van der Waals surface area contributed by atoms with Crippen LogP contribution in [-0.2, 0) is 25.7 Å². The zero-order valence-electron chi connectivity index (χ0n) is 32.6. The highest BCUT2D eigenvalue weighted by molar-refractivity contribution is 6.76. The van der Waals surface area contributed by atoms with Gasteiger partial charge in [-0.15, -0.1) is 0 Å². The summed E-state index contributed by atoms with van der Waals surface area (Å²) in [6.07, 6.45) is 7.25. The zero-order chi connectivity index (χ0) is 37.3. The number of rotatable bonds is 10. The van der Waals surface area contributed by atoms with Crippen LogP contribution in [0.5, 0.6) is 0 Å². The first-order valence-corrected chi connectivity index (χ1v) is 23.4. The minimum absolute atomic E-state index is 0.0175. The number of nitrogens with one attached hydrogen (secondary N) is 1. The fourth-order valence-electron chi connectivity index (χ4n) is 8.37. The maximum Gasteiger partial charge on any atom is 0.410 e. The third-order valence-electron chi connectivity index (χ3n) is 11.4. The molecule has 2 atom stereocenters. The Hall–Kier alpha value is -3.52. The standard InChI is InChI=1S/C40H59N7O5Si/c1-40(2,3)52-39(49)45-19-15-31(16-20-45)44-17-13-29(14-18-44)38(48)43-30-9-7-28(8-10-30)35-23-34-36(46(35)27-50-21-22-53(4,5)6)41-26-42-37(34)47-32-11-12-33(47)25-51-24-32/h7-10,23,26,29,31-33H,11-22,24-25,27H2,1-6H3,(H,43,48). The molecule has 4 fully saturated rings. The van der Waals surface area contributed by atoms with Gasteiger partial charge in [0.25, 0.3) is 0 Å². The van der Waals surface area contributed by atoms with E-state index >= 15 is 0 Å². The van der Waals surface area contributed by atoms with Crippen molar-refractivity contribution >= 4 is 42.6 Å². The van der Waals surface area contributed by atoms with E-state index in [2.05, 4.69) is 57.5 Å². The van der Waals surface area contributed by atoms with Crippen molar-refractivity contribution in [1.29, 1.82) is 0 Å². The van der Waals surface area contributed by atoms with Gasteiger partial charge in [0.1, 0.15) is 30.1 Å². The van der Waals surface area contributed by atoms with Gasteiger partial charge in [0.15, 0.2) is 0 Å². The molecule has 2 unspecified atom stereocenters. The third-order valence-corrected chi connectivity index (χ3v) is 13.1. The highest BCUT2D eigenvalue weighted by Gasteiger charge is 2.39. The summed E-state index contributed by atoms with van der Waals surface area (Å²) in [5.74, 6) is 1.05. The molecule has 2 aromatic heterocycles. The number of piperidine rings is 2. The van der Waals surface area contributed by atoms with Crippen LogP contribution in [-0.4, -0.2) is 114 Å². The molecule has 12 nitrogen and oxygen atoms in total. The normalized spacial score (nSPS) is 22.1. The van der Waals surface area contributed by atoms with Crippen molar-refractivity contribution in [2.24, 2.45) is 5.92 Å². The van der Waals surface area contributed by atoms with E-state index in [0.29, 0.717) is 37.9 Å². The average Bonchev–Trinajstić information content (AvgIpc) is 3.61. The number of likely N-dealkylation sites (tertiary alicyclic amines) is 2. The van der Waals surface area contributed by atoms with Gasteiger partial charge in [-0.3, -0.25) is 4.79 Å². The molecule has 7 rings (SSSR count). The molecule has 0 spiro atoms. The molecule has 13 heteroatoms. The lowest BCUT2D eigenvalue weighted by Gasteiger charge is -2.41. The molecule has 0 saturated carbocycles. The molecule has 1 N–H and O–H groups in total. The monoisotopic (exact) mass is 745 g/mol. The summed E-state index contributed by atoms with van der Waals surface area (Å²) in [5, 5.41) is 4.24. The van der Waals surface area contributed by atoms with Gasteiger partial charge in [-0.05, 0) is 102 Å². The molecule has 4 aliphatic rings. The Labute approximate surface area is 315 Å². The first-order valence-electron chi connectivity index (χ1n) is 19.7. The van der Waals surface area contributed by atoms with Gasteiger partial charge in [0, 0.05) is 45.4 Å². The predicted molar refractivity (Wildman–Crippen MR) is 211 cm³/mol. The summed E-state index contributed by atoms with van der Waals surface area (Å²) in [6, 6.07) is 12.6. The minimum Gasteiger partial charge on any atom is -0.444 e. The van der Waals surface area contributed by atoms with E-state index in [1.54, 1.807) is 6.33 Å². The molecule has 6 heterocycles. The Morgan fingerprint density at radius 3 is 2.23 bits per heavy atom. The van der Waals surface area contributed by atoms with E-state index in [1.807, 2.05) is 37.8 Å². The van der Waals surface area contributed by atoms with Crippen LogP contribution in [0.4, 0.5) is 16.3 Å². The van der Waals surface area contributed by atoms with Gasteiger partial charge in [0.2, 0.25) is 5.91 Å². The second-order valence-electron chi connectivity index (χ2n) is 17.6. The molecular weight excluding hydrogens is 687 g/mol. The number of hydrogen-bond donors (Lipinski definition) is 1. The number of morpholine rings is 1. The molecule has 0 aliphatic carbocycles. The largest absolute Gasteiger partial charge is 0.444 e. The molecule has 288 valence electrons. The van der Waals surface area contributed by atoms with Crippen LogP contribution in [0.1, 0.15) is 59.3 Å². The van der Waals surface area contributed by atoms with E-state index in [0.717, 1.165) is 111 Å². The lowest BCUT2D eigenvalue weighted by molar-refractivity contribution is -0.121. The Balaban J connectivity index is 0.992. The number of carbonyl (C=O) groups excluding carboxylic acids is 2. The summed E-state index contributed by atoms with van der Waals surface area (Å²) in [5.41, 5.74) is 3.26. The molecule has 2 bridgehead atoms. The molecule has 4 saturated heterocycles. The molecule has 1 aromatic carbocycles. The number of aromatic nitrogens is 3. The number of benzene rings is 1. The summed E-state index contributed by atoms with van der Waals surface area (Å²) in [4.78, 5) is 42.4. The number of carbonyl (C=O) groups is 2. The van der Waals surface area contributed by atoms with Crippen LogP contribution in [0.25, 0.3) is 22.3 Å². The first kappa shape index (κ1) is 37.8. The number of anilines is 2. The molecule has 4 aliphatic heterocycles. The van der Waals surface area contributed by atoms with Crippen molar-refractivity contribution in [2.75, 3.05) is 56.2 Å². The lowest BCUT2D eigenvalue weighted by atomic mass is 9.92. The van der Waals surface area contributed by atoms with Crippen molar-refractivity contribution in [2.45, 2.75) is 115 Å². The molecule has 0 radical (unpaired) electrons. The van der Waals surface area contributed by atoms with E-state index < -0.39 is 13.7 Å². The van der Waals surface area contributed by atoms with Crippen molar-refractivity contribution in [1.82, 2.24) is 24.3 Å². The number of fused-ring (bicyclic) bond motifs is 3. The van der Waals surface area contributed by atoms with Crippen molar-refractivity contribution in [3.63, 3.8) is 0 Å². The van der Waals surface area contributed by atoms with Crippen LogP contribution in [0, 0.1) is 5.92 Å². The summed E-state index contributed by atoms with van der Waals surface area (Å²) in [6.45, 7) is 18.6. The maximum atomic E-state index is 13.4. The van der Waals surface area contributed by atoms with Crippen LogP contribution in [0.3, 0.4) is 0 Å². The Bertz CT molecular complexity index is 1720. The molecule has 2 amide bonds. The van der Waals surface area contributed by atoms with Gasteiger partial charge >= 0.3 is 6.09 Å². The minimum atomic E-state index is -1.24. The summed E-state index contributed by atoms with van der Waals surface area (Å²) in [7, 11) is -1.24. The van der Waals surface area contributed by atoms with Crippen molar-refractivity contribution in [3.8, 4) is 11.3 Å². The fraction of sp³-hybridized carbons (Fsp3) is 0.650. The van der Waals surface area contributed by atoms with Gasteiger partial charge < -0.3 is 38.8 Å². The van der Waals surface area contributed by atoms with Crippen LogP contribution >= 0.6 is 0 Å². The second-order valence-corrected chi connectivity index (χ2v) is 23.3. The van der Waals surface area contributed by atoms with E-state index in [9.17, 15) is 9.59 Å². The summed E-state index contributed by atoms with van der Waals surface area (Å²) >= 11 is 0. The third kappa shape index (κ3) is 8.90. The smallest absolute Gasteiger partial charge is 0.410 e. The summed E-state index contributed by atoms with van der Waals surface area (Å²) < 4.78 is 19.9. The maximum absolute atomic E-state index is 13.4. The number of ether oxygens (including phenoxy) is 3. The predicted octanol–water partition coefficient (Wildman–Crippen LogP) is 6.83. The first-order chi connectivity index (χ1) is 25.3. The van der Waals surface area contributed by atoms with E-state index in [-0.39, 0.29) is 17.9 Å². The quantitative estimate of drug-likeness (QED) is 0.176. The van der Waals surface area contributed by atoms with Crippen LogP contribution in [0.2, 0.25) is 25.7 Å².